The number of carbonyl (C=O) groups excluding carboxylic acids is 1. The quantitative estimate of drug-likeness (QED) is 0.730. The van der Waals surface area contributed by atoms with Crippen LogP contribution in [-0.4, -0.2) is 23.1 Å². The number of likely N-dealkylation sites (tertiary alicyclic amines) is 1. The predicted molar refractivity (Wildman–Crippen MR) is 85.1 cm³/mol. The fraction of sp³-hybridized carbons (Fsp3) is 0.444. The molecular formula is C18H22N2O2. The first-order valence-corrected chi connectivity index (χ1v) is 7.53. The average molecular weight is 298 g/mol. The second-order valence-corrected chi connectivity index (χ2v) is 6.49. The predicted octanol–water partition coefficient (Wildman–Crippen LogP) is 4.21. The van der Waals surface area contributed by atoms with Crippen molar-refractivity contribution in [2.24, 2.45) is 0 Å². The molecule has 0 spiro atoms. The van der Waals surface area contributed by atoms with Gasteiger partial charge in [0.2, 0.25) is 0 Å². The van der Waals surface area contributed by atoms with E-state index >= 15 is 0 Å². The number of ether oxygens (including phenoxy) is 1. The zero-order chi connectivity index (χ0) is 16.2. The summed E-state index contributed by atoms with van der Waals surface area (Å²) in [4.78, 5) is 14.3. The van der Waals surface area contributed by atoms with E-state index in [-0.39, 0.29) is 12.1 Å². The maximum Gasteiger partial charge on any atom is 0.410 e. The smallest absolute Gasteiger partial charge is 0.410 e. The van der Waals surface area contributed by atoms with Gasteiger partial charge in [-0.15, -0.1) is 0 Å². The second kappa shape index (κ2) is 6.65. The normalized spacial score (nSPS) is 20.5. The molecule has 1 unspecified atom stereocenters. The van der Waals surface area contributed by atoms with E-state index in [1.54, 1.807) is 11.0 Å². The van der Waals surface area contributed by atoms with E-state index in [4.69, 9.17) is 10.00 Å². The minimum Gasteiger partial charge on any atom is -0.444 e. The molecular weight excluding hydrogens is 276 g/mol. The van der Waals surface area contributed by atoms with Gasteiger partial charge in [0.1, 0.15) is 5.60 Å². The molecule has 0 aromatic heterocycles. The van der Waals surface area contributed by atoms with Gasteiger partial charge >= 0.3 is 6.09 Å². The monoisotopic (exact) mass is 298 g/mol. The number of piperidine rings is 1. The van der Waals surface area contributed by atoms with E-state index in [0.29, 0.717) is 13.0 Å². The standard InChI is InChI=1S/C18H22N2O2/c1-18(2,3)22-17(21)20-12-10-14(9-11-19)13-16(20)15-7-5-4-6-8-15/h4-9,16H,10,12-13H2,1-3H3. The topological polar surface area (TPSA) is 53.3 Å². The molecule has 0 radical (unpaired) electrons. The Morgan fingerprint density at radius 2 is 2.05 bits per heavy atom. The Labute approximate surface area is 132 Å². The van der Waals surface area contributed by atoms with Crippen LogP contribution in [0, 0.1) is 11.3 Å². The van der Waals surface area contributed by atoms with Crippen molar-refractivity contribution < 1.29 is 9.53 Å². The number of allylic oxidation sites excluding steroid dienone is 1. The van der Waals surface area contributed by atoms with E-state index in [9.17, 15) is 4.79 Å². The Morgan fingerprint density at radius 3 is 2.64 bits per heavy atom. The van der Waals surface area contributed by atoms with Crippen molar-refractivity contribution >= 4 is 6.09 Å². The third-order valence-corrected chi connectivity index (χ3v) is 3.59. The van der Waals surface area contributed by atoms with Gasteiger partial charge in [0.15, 0.2) is 0 Å². The summed E-state index contributed by atoms with van der Waals surface area (Å²) >= 11 is 0. The number of nitriles is 1. The van der Waals surface area contributed by atoms with E-state index in [1.807, 2.05) is 51.1 Å². The summed E-state index contributed by atoms with van der Waals surface area (Å²) in [6.07, 6.45) is 2.70. The van der Waals surface area contributed by atoms with Gasteiger partial charge in [0, 0.05) is 12.6 Å². The average Bonchev–Trinajstić information content (AvgIpc) is 2.46. The van der Waals surface area contributed by atoms with Crippen LogP contribution in [-0.2, 0) is 4.74 Å². The number of benzene rings is 1. The Kier molecular flexibility index (Phi) is 4.87. The molecule has 0 N–H and O–H groups in total. The first-order chi connectivity index (χ1) is 10.4. The van der Waals surface area contributed by atoms with Gasteiger partial charge in [-0.05, 0) is 39.2 Å². The molecule has 1 aromatic rings. The van der Waals surface area contributed by atoms with Crippen LogP contribution < -0.4 is 0 Å². The number of nitrogens with zero attached hydrogens (tertiary/aromatic N) is 2. The highest BCUT2D eigenvalue weighted by molar-refractivity contribution is 5.69. The summed E-state index contributed by atoms with van der Waals surface area (Å²) in [6.45, 7) is 6.18. The van der Waals surface area contributed by atoms with Crippen LogP contribution >= 0.6 is 0 Å². The Morgan fingerprint density at radius 1 is 1.36 bits per heavy atom. The number of hydrogen-bond donors (Lipinski definition) is 0. The lowest BCUT2D eigenvalue weighted by Crippen LogP contribution is -2.42. The first kappa shape index (κ1) is 16.1. The van der Waals surface area contributed by atoms with E-state index in [1.165, 1.54) is 0 Å². The molecule has 4 nitrogen and oxygen atoms in total. The van der Waals surface area contributed by atoms with Crippen LogP contribution in [0.4, 0.5) is 4.79 Å². The van der Waals surface area contributed by atoms with Crippen LogP contribution in [0.15, 0.2) is 42.0 Å². The van der Waals surface area contributed by atoms with Crippen molar-refractivity contribution in [1.29, 1.82) is 5.26 Å². The summed E-state index contributed by atoms with van der Waals surface area (Å²) in [6, 6.07) is 11.9. The third kappa shape index (κ3) is 4.11. The number of carbonyl (C=O) groups is 1. The number of hydrogen-bond acceptors (Lipinski definition) is 3. The molecule has 1 heterocycles. The molecule has 1 aliphatic heterocycles. The zero-order valence-corrected chi connectivity index (χ0v) is 13.4. The highest BCUT2D eigenvalue weighted by atomic mass is 16.6. The van der Waals surface area contributed by atoms with Crippen LogP contribution in [0.25, 0.3) is 0 Å². The van der Waals surface area contributed by atoms with Gasteiger partial charge in [-0.25, -0.2) is 4.79 Å². The van der Waals surface area contributed by atoms with Crippen LogP contribution in [0.1, 0.15) is 45.2 Å². The lowest BCUT2D eigenvalue weighted by atomic mass is 9.91. The van der Waals surface area contributed by atoms with Crippen molar-refractivity contribution in [1.82, 2.24) is 4.90 Å². The first-order valence-electron chi connectivity index (χ1n) is 7.53. The lowest BCUT2D eigenvalue weighted by Gasteiger charge is -2.38. The van der Waals surface area contributed by atoms with Gasteiger partial charge in [-0.1, -0.05) is 35.9 Å². The second-order valence-electron chi connectivity index (χ2n) is 6.49. The Hall–Kier alpha value is -2.28. The Balaban J connectivity index is 2.26. The van der Waals surface area contributed by atoms with E-state index in [2.05, 4.69) is 6.07 Å². The molecule has 1 amide bonds. The molecule has 22 heavy (non-hydrogen) atoms. The van der Waals surface area contributed by atoms with Crippen molar-refractivity contribution in [3.8, 4) is 6.07 Å². The SMILES string of the molecule is CC(C)(C)OC(=O)N1CCC(=CC#N)CC1c1ccccc1. The highest BCUT2D eigenvalue weighted by Crippen LogP contribution is 2.34. The number of rotatable bonds is 1. The highest BCUT2D eigenvalue weighted by Gasteiger charge is 2.32. The Bertz CT molecular complexity index is 594. The molecule has 0 aliphatic carbocycles. The van der Waals surface area contributed by atoms with Crippen LogP contribution in [0.2, 0.25) is 0 Å². The van der Waals surface area contributed by atoms with Crippen molar-refractivity contribution in [3.05, 3.63) is 47.5 Å². The van der Waals surface area contributed by atoms with Gasteiger partial charge in [0.25, 0.3) is 0 Å². The minimum absolute atomic E-state index is 0.0793. The molecule has 116 valence electrons. The minimum atomic E-state index is -0.513. The molecule has 1 aromatic carbocycles. The van der Waals surface area contributed by atoms with Crippen LogP contribution in [0.3, 0.4) is 0 Å². The van der Waals surface area contributed by atoms with Gasteiger partial charge in [-0.3, -0.25) is 0 Å². The molecule has 0 bridgehead atoms. The molecule has 1 saturated heterocycles. The fourth-order valence-electron chi connectivity index (χ4n) is 2.61. The van der Waals surface area contributed by atoms with Crippen LogP contribution in [0.5, 0.6) is 0 Å². The molecule has 1 aliphatic rings. The number of amides is 1. The molecule has 2 rings (SSSR count). The van der Waals surface area contributed by atoms with Gasteiger partial charge < -0.3 is 9.64 Å². The summed E-state index contributed by atoms with van der Waals surface area (Å²) in [7, 11) is 0. The molecule has 4 heteroatoms. The van der Waals surface area contributed by atoms with Crippen molar-refractivity contribution in [2.75, 3.05) is 6.54 Å². The molecule has 1 fully saturated rings. The van der Waals surface area contributed by atoms with Crippen molar-refractivity contribution in [2.45, 2.75) is 45.3 Å². The molecule has 0 saturated carbocycles. The summed E-state index contributed by atoms with van der Waals surface area (Å²) in [5, 5.41) is 8.87. The summed E-state index contributed by atoms with van der Waals surface area (Å²) in [5.41, 5.74) is 1.63. The van der Waals surface area contributed by atoms with Gasteiger partial charge in [0.05, 0.1) is 12.1 Å². The van der Waals surface area contributed by atoms with Crippen molar-refractivity contribution in [3.63, 3.8) is 0 Å². The fourth-order valence-corrected chi connectivity index (χ4v) is 2.61. The molecule has 1 atom stereocenters. The summed E-state index contributed by atoms with van der Waals surface area (Å²) in [5.74, 6) is 0. The van der Waals surface area contributed by atoms with E-state index in [0.717, 1.165) is 17.6 Å². The lowest BCUT2D eigenvalue weighted by molar-refractivity contribution is 0.0130. The zero-order valence-electron chi connectivity index (χ0n) is 13.4. The summed E-state index contributed by atoms with van der Waals surface area (Å²) < 4.78 is 5.53. The maximum absolute atomic E-state index is 12.5. The third-order valence-electron chi connectivity index (χ3n) is 3.59. The maximum atomic E-state index is 12.5. The van der Waals surface area contributed by atoms with E-state index < -0.39 is 5.60 Å². The largest absolute Gasteiger partial charge is 0.444 e. The van der Waals surface area contributed by atoms with Gasteiger partial charge in [-0.2, -0.15) is 5.26 Å².